The van der Waals surface area contributed by atoms with Gasteiger partial charge in [0.15, 0.2) is 0 Å². The number of hydrogen-bond donors (Lipinski definition) is 1. The van der Waals surface area contributed by atoms with Crippen molar-refractivity contribution < 1.29 is 28.3 Å². The number of aromatic carboxylic acids is 1. The van der Waals surface area contributed by atoms with Gasteiger partial charge in [0.05, 0.1) is 34.4 Å². The summed E-state index contributed by atoms with van der Waals surface area (Å²) in [6.07, 6.45) is 10.6. The third kappa shape index (κ3) is 4.90. The van der Waals surface area contributed by atoms with Gasteiger partial charge in [0, 0.05) is 40.9 Å². The highest BCUT2D eigenvalue weighted by molar-refractivity contribution is 6.38. The highest BCUT2D eigenvalue weighted by Gasteiger charge is 2.50. The second-order valence-corrected chi connectivity index (χ2v) is 11.7. The Labute approximate surface area is 229 Å². The zero-order valence-corrected chi connectivity index (χ0v) is 22.2. The van der Waals surface area contributed by atoms with Gasteiger partial charge in [0.2, 0.25) is 0 Å². The minimum absolute atomic E-state index is 0.0273. The van der Waals surface area contributed by atoms with Crippen molar-refractivity contribution in [3.63, 3.8) is 0 Å². The molecule has 0 unspecified atom stereocenters. The summed E-state index contributed by atoms with van der Waals surface area (Å²) in [5.41, 5.74) is 1.75. The normalized spacial score (nSPS) is 24.5. The van der Waals surface area contributed by atoms with E-state index in [1.807, 2.05) is 0 Å². The quantitative estimate of drug-likeness (QED) is 0.290. The van der Waals surface area contributed by atoms with Crippen LogP contribution >= 0.6 is 23.2 Å². The molecule has 0 spiro atoms. The van der Waals surface area contributed by atoms with Crippen LogP contribution in [0.3, 0.4) is 0 Å². The number of carboxylic acid groups (broad SMARTS) is 1. The number of nitrogens with zero attached hydrogens (tertiary/aromatic N) is 2. The first-order valence-corrected chi connectivity index (χ1v) is 13.6. The van der Waals surface area contributed by atoms with E-state index in [4.69, 9.17) is 37.2 Å². The lowest BCUT2D eigenvalue weighted by Crippen LogP contribution is -2.49. The molecule has 4 fully saturated rings. The van der Waals surface area contributed by atoms with Gasteiger partial charge in [-0.05, 0) is 63.5 Å². The summed E-state index contributed by atoms with van der Waals surface area (Å²) in [4.78, 5) is 15.3. The van der Waals surface area contributed by atoms with Crippen LogP contribution in [0.5, 0.6) is 5.75 Å². The van der Waals surface area contributed by atoms with E-state index in [2.05, 4.69) is 10.1 Å². The van der Waals surface area contributed by atoms with Gasteiger partial charge in [-0.3, -0.25) is 4.98 Å². The number of carboxylic acids is 1. The maximum atomic E-state index is 13.9. The topological polar surface area (TPSA) is 94.7 Å². The van der Waals surface area contributed by atoms with Crippen LogP contribution in [0.15, 0.2) is 35.1 Å². The molecular weight excluding hydrogens is 534 g/mol. The predicted octanol–water partition coefficient (Wildman–Crippen LogP) is 7.45. The Kier molecular flexibility index (Phi) is 6.61. The third-order valence-corrected chi connectivity index (χ3v) is 8.95. The lowest BCUT2D eigenvalue weighted by molar-refractivity contribution is -0.150. The van der Waals surface area contributed by atoms with Gasteiger partial charge in [-0.15, -0.1) is 0 Å². The first-order chi connectivity index (χ1) is 18.3. The molecule has 0 saturated heterocycles. The summed E-state index contributed by atoms with van der Waals surface area (Å²) >= 11 is 12.9. The molecule has 0 atom stereocenters. The summed E-state index contributed by atoms with van der Waals surface area (Å²) in [6, 6.07) is 3.60. The number of fused-ring (bicyclic) bond motifs is 3. The smallest absolute Gasteiger partial charge is 0.335 e. The maximum Gasteiger partial charge on any atom is 0.335 e. The molecule has 1 N–H and O–H groups in total. The standard InChI is InChI=1S/C28H27Cl2FN2O5/c29-21-12-32-13-22(30)23(21)24-20(25(38-33-24)16-1-2-16)14-37-28-6-3-27(4-7-28,5-8-28)15-36-19-10-17(26(34)35)9-18(31)11-19/h9-13,16H,1-8,14-15H2,(H,34,35). The number of benzene rings is 1. The number of halogens is 3. The molecule has 4 aliphatic rings. The van der Waals surface area contributed by atoms with E-state index in [9.17, 15) is 14.3 Å². The van der Waals surface area contributed by atoms with Crippen molar-refractivity contribution in [3.05, 3.63) is 63.3 Å². The average molecular weight is 561 g/mol. The summed E-state index contributed by atoms with van der Waals surface area (Å²) in [5.74, 6) is -0.357. The van der Waals surface area contributed by atoms with E-state index in [1.165, 1.54) is 12.1 Å². The van der Waals surface area contributed by atoms with Crippen LogP contribution in [0, 0.1) is 11.2 Å². The minimum atomic E-state index is -1.18. The fourth-order valence-electron chi connectivity index (χ4n) is 5.85. The van der Waals surface area contributed by atoms with Crippen molar-refractivity contribution in [1.82, 2.24) is 10.1 Å². The number of ether oxygens (including phenoxy) is 2. The van der Waals surface area contributed by atoms with Crippen molar-refractivity contribution in [3.8, 4) is 17.0 Å². The molecule has 1 aromatic carbocycles. The zero-order valence-electron chi connectivity index (χ0n) is 20.6. The predicted molar refractivity (Wildman–Crippen MR) is 138 cm³/mol. The third-order valence-electron chi connectivity index (χ3n) is 8.38. The number of pyridine rings is 1. The van der Waals surface area contributed by atoms with Gasteiger partial charge in [-0.2, -0.15) is 0 Å². The molecule has 10 heteroatoms. The molecule has 0 aliphatic heterocycles. The second kappa shape index (κ2) is 9.81. The molecule has 38 heavy (non-hydrogen) atoms. The first-order valence-electron chi connectivity index (χ1n) is 12.8. The van der Waals surface area contributed by atoms with Gasteiger partial charge in [0.1, 0.15) is 23.0 Å². The largest absolute Gasteiger partial charge is 0.493 e. The fourth-order valence-corrected chi connectivity index (χ4v) is 6.40. The molecule has 2 bridgehead atoms. The van der Waals surface area contributed by atoms with E-state index in [-0.39, 0.29) is 22.3 Å². The summed E-state index contributed by atoms with van der Waals surface area (Å²) in [6.45, 7) is 0.788. The monoisotopic (exact) mass is 560 g/mol. The van der Waals surface area contributed by atoms with Gasteiger partial charge in [-0.1, -0.05) is 28.4 Å². The Hall–Kier alpha value is -2.68. The Balaban J connectivity index is 1.14. The van der Waals surface area contributed by atoms with Crippen molar-refractivity contribution in [2.45, 2.75) is 69.5 Å². The first kappa shape index (κ1) is 25.6. The van der Waals surface area contributed by atoms with Crippen LogP contribution in [0.1, 0.15) is 79.0 Å². The average Bonchev–Trinajstić information content (AvgIpc) is 3.67. The van der Waals surface area contributed by atoms with Gasteiger partial charge in [0.25, 0.3) is 0 Å². The van der Waals surface area contributed by atoms with E-state index in [1.54, 1.807) is 12.4 Å². The maximum absolute atomic E-state index is 13.9. The SMILES string of the molecule is O=C(O)c1cc(F)cc(OCC23CCC(OCc4c(-c5c(Cl)cncc5Cl)noc4C4CC4)(CC2)CC3)c1. The van der Waals surface area contributed by atoms with E-state index in [0.29, 0.717) is 40.4 Å². The number of rotatable bonds is 9. The molecule has 0 radical (unpaired) electrons. The number of aromatic nitrogens is 2. The molecular formula is C28H27Cl2FN2O5. The highest BCUT2D eigenvalue weighted by Crippen LogP contribution is 2.55. The Bertz CT molecular complexity index is 1340. The lowest BCUT2D eigenvalue weighted by atomic mass is 9.59. The molecule has 4 aliphatic carbocycles. The van der Waals surface area contributed by atoms with E-state index >= 15 is 0 Å². The Morgan fingerprint density at radius 2 is 1.76 bits per heavy atom. The van der Waals surface area contributed by atoms with Crippen molar-refractivity contribution >= 4 is 29.2 Å². The molecule has 4 saturated carbocycles. The van der Waals surface area contributed by atoms with Crippen LogP contribution < -0.4 is 4.74 Å². The molecule has 2 heterocycles. The van der Waals surface area contributed by atoms with Crippen LogP contribution in [-0.2, 0) is 11.3 Å². The molecule has 0 amide bonds. The van der Waals surface area contributed by atoms with Crippen molar-refractivity contribution in [1.29, 1.82) is 0 Å². The molecule has 200 valence electrons. The minimum Gasteiger partial charge on any atom is -0.493 e. The van der Waals surface area contributed by atoms with Crippen molar-refractivity contribution in [2.75, 3.05) is 6.61 Å². The van der Waals surface area contributed by atoms with Crippen LogP contribution in [-0.4, -0.2) is 33.4 Å². The fraction of sp³-hybridized carbons (Fsp3) is 0.464. The lowest BCUT2D eigenvalue weighted by Gasteiger charge is -2.52. The Morgan fingerprint density at radius 1 is 1.08 bits per heavy atom. The summed E-state index contributed by atoms with van der Waals surface area (Å²) in [5, 5.41) is 14.4. The van der Waals surface area contributed by atoms with E-state index < -0.39 is 11.8 Å². The van der Waals surface area contributed by atoms with Crippen molar-refractivity contribution in [2.24, 2.45) is 5.41 Å². The van der Waals surface area contributed by atoms with Gasteiger partial charge >= 0.3 is 5.97 Å². The van der Waals surface area contributed by atoms with Crippen LogP contribution in [0.2, 0.25) is 10.0 Å². The van der Waals surface area contributed by atoms with Gasteiger partial charge in [-0.25, -0.2) is 9.18 Å². The van der Waals surface area contributed by atoms with Gasteiger partial charge < -0.3 is 19.1 Å². The van der Waals surface area contributed by atoms with Crippen LogP contribution in [0.25, 0.3) is 11.3 Å². The summed E-state index contributed by atoms with van der Waals surface area (Å²) in [7, 11) is 0. The Morgan fingerprint density at radius 3 is 2.39 bits per heavy atom. The number of carbonyl (C=O) groups is 1. The molecule has 7 nitrogen and oxygen atoms in total. The molecule has 7 rings (SSSR count). The highest BCUT2D eigenvalue weighted by atomic mass is 35.5. The second-order valence-electron chi connectivity index (χ2n) is 10.9. The molecule has 3 aromatic rings. The number of hydrogen-bond acceptors (Lipinski definition) is 6. The van der Waals surface area contributed by atoms with E-state index in [0.717, 1.165) is 68.8 Å². The molecule has 2 aromatic heterocycles. The zero-order chi connectivity index (χ0) is 26.5. The van der Waals surface area contributed by atoms with Crippen LogP contribution in [0.4, 0.5) is 4.39 Å². The summed E-state index contributed by atoms with van der Waals surface area (Å²) < 4.78 is 32.2.